The highest BCUT2D eigenvalue weighted by Gasteiger charge is 2.28. The number of likely N-dealkylation sites (tertiary alicyclic amines) is 1. The lowest BCUT2D eigenvalue weighted by molar-refractivity contribution is 0.0678. The van der Waals surface area contributed by atoms with Crippen molar-refractivity contribution >= 4 is 5.91 Å². The number of nitrogens with zero attached hydrogens (tertiary/aromatic N) is 3. The van der Waals surface area contributed by atoms with E-state index < -0.39 is 0 Å². The molecule has 0 N–H and O–H groups in total. The van der Waals surface area contributed by atoms with Crippen LogP contribution in [0.25, 0.3) is 0 Å². The number of ether oxygens (including phenoxy) is 1. The van der Waals surface area contributed by atoms with E-state index in [0.717, 1.165) is 18.6 Å². The van der Waals surface area contributed by atoms with Crippen molar-refractivity contribution in [2.45, 2.75) is 32.3 Å². The number of hydrogen-bond acceptors (Lipinski definition) is 6. The van der Waals surface area contributed by atoms with Crippen molar-refractivity contribution in [3.63, 3.8) is 0 Å². The molecule has 0 saturated carbocycles. The van der Waals surface area contributed by atoms with E-state index in [2.05, 4.69) is 10.1 Å². The van der Waals surface area contributed by atoms with E-state index in [1.807, 2.05) is 31.2 Å². The molecule has 0 unspecified atom stereocenters. The second-order valence-corrected chi connectivity index (χ2v) is 6.69. The maximum Gasteiger partial charge on any atom is 0.289 e. The van der Waals surface area contributed by atoms with E-state index in [-0.39, 0.29) is 18.4 Å². The number of piperidine rings is 1. The molecule has 4 rings (SSSR count). The minimum atomic E-state index is -0.0706. The molecule has 0 spiro atoms. The Bertz CT molecular complexity index is 878. The fourth-order valence-corrected chi connectivity index (χ4v) is 3.17. The van der Waals surface area contributed by atoms with Gasteiger partial charge < -0.3 is 18.6 Å². The number of benzene rings is 1. The molecule has 7 nitrogen and oxygen atoms in total. The smallest absolute Gasteiger partial charge is 0.289 e. The molecule has 1 aromatic carbocycles. The van der Waals surface area contributed by atoms with Crippen molar-refractivity contribution in [1.82, 2.24) is 15.0 Å². The third-order valence-corrected chi connectivity index (χ3v) is 4.75. The number of aromatic nitrogens is 2. The largest absolute Gasteiger partial charge is 0.484 e. The first-order valence-electron chi connectivity index (χ1n) is 9.04. The molecule has 1 aliphatic rings. The van der Waals surface area contributed by atoms with Crippen molar-refractivity contribution in [2.24, 2.45) is 0 Å². The summed E-state index contributed by atoms with van der Waals surface area (Å²) in [7, 11) is 0. The summed E-state index contributed by atoms with van der Waals surface area (Å²) in [6.07, 6.45) is 3.11. The molecule has 1 aliphatic heterocycles. The summed E-state index contributed by atoms with van der Waals surface area (Å²) in [6, 6.07) is 11.2. The zero-order chi connectivity index (χ0) is 18.6. The fourth-order valence-electron chi connectivity index (χ4n) is 3.17. The van der Waals surface area contributed by atoms with E-state index >= 15 is 0 Å². The van der Waals surface area contributed by atoms with Crippen LogP contribution in [-0.2, 0) is 6.61 Å². The third-order valence-electron chi connectivity index (χ3n) is 4.75. The van der Waals surface area contributed by atoms with Gasteiger partial charge in [-0.2, -0.15) is 4.98 Å². The summed E-state index contributed by atoms with van der Waals surface area (Å²) in [5.41, 5.74) is 1.18. The summed E-state index contributed by atoms with van der Waals surface area (Å²) in [5, 5.41) is 4.10. The van der Waals surface area contributed by atoms with Crippen LogP contribution in [0.5, 0.6) is 5.75 Å². The first-order chi connectivity index (χ1) is 13.2. The van der Waals surface area contributed by atoms with E-state index in [4.69, 9.17) is 13.7 Å². The van der Waals surface area contributed by atoms with Gasteiger partial charge in [0.2, 0.25) is 0 Å². The summed E-state index contributed by atoms with van der Waals surface area (Å²) < 4.78 is 16.2. The molecule has 0 atom stereocenters. The van der Waals surface area contributed by atoms with Gasteiger partial charge >= 0.3 is 0 Å². The number of rotatable bonds is 5. The number of furan rings is 1. The normalized spacial score (nSPS) is 15.1. The van der Waals surface area contributed by atoms with Crippen molar-refractivity contribution in [1.29, 1.82) is 0 Å². The molecule has 27 heavy (non-hydrogen) atoms. The van der Waals surface area contributed by atoms with Crippen LogP contribution in [0.15, 0.2) is 51.6 Å². The lowest BCUT2D eigenvalue weighted by Crippen LogP contribution is -2.37. The zero-order valence-corrected chi connectivity index (χ0v) is 15.1. The Balaban J connectivity index is 1.30. The Kier molecular flexibility index (Phi) is 4.91. The molecule has 3 heterocycles. The highest BCUT2D eigenvalue weighted by Crippen LogP contribution is 2.27. The van der Waals surface area contributed by atoms with Crippen molar-refractivity contribution in [3.8, 4) is 5.75 Å². The average Bonchev–Trinajstić information content (AvgIpc) is 3.39. The molecular formula is C20H21N3O4. The molecule has 0 bridgehead atoms. The fraction of sp³-hybridized carbons (Fsp3) is 0.350. The van der Waals surface area contributed by atoms with Gasteiger partial charge in [-0.1, -0.05) is 22.9 Å². The van der Waals surface area contributed by atoms with Crippen LogP contribution in [0.3, 0.4) is 0 Å². The Morgan fingerprint density at radius 3 is 2.70 bits per heavy atom. The van der Waals surface area contributed by atoms with Gasteiger partial charge in [-0.3, -0.25) is 4.79 Å². The average molecular weight is 367 g/mol. The van der Waals surface area contributed by atoms with Crippen LogP contribution in [0, 0.1) is 6.92 Å². The van der Waals surface area contributed by atoms with Gasteiger partial charge in [0.05, 0.1) is 6.26 Å². The second-order valence-electron chi connectivity index (χ2n) is 6.69. The van der Waals surface area contributed by atoms with Crippen molar-refractivity contribution in [2.75, 3.05) is 13.1 Å². The topological polar surface area (TPSA) is 81.6 Å². The second kappa shape index (κ2) is 7.65. The van der Waals surface area contributed by atoms with Gasteiger partial charge in [-0.05, 0) is 44.0 Å². The molecule has 7 heteroatoms. The van der Waals surface area contributed by atoms with Crippen LogP contribution in [0.1, 0.15) is 46.6 Å². The minimum absolute atomic E-state index is 0.0706. The quantitative estimate of drug-likeness (QED) is 0.686. The molecule has 1 fully saturated rings. The molecule has 1 saturated heterocycles. The number of aryl methyl sites for hydroxylation is 1. The molecule has 3 aromatic rings. The van der Waals surface area contributed by atoms with Gasteiger partial charge in [-0.15, -0.1) is 0 Å². The Morgan fingerprint density at radius 2 is 2.00 bits per heavy atom. The first-order valence-corrected chi connectivity index (χ1v) is 9.04. The maximum absolute atomic E-state index is 12.3. The molecule has 0 radical (unpaired) electrons. The standard InChI is InChI=1S/C20H21N3O4/c1-14-4-6-16(7-5-14)26-13-18-21-19(22-27-18)15-8-10-23(11-9-15)20(24)17-3-2-12-25-17/h2-7,12,15H,8-11,13H2,1H3. The van der Waals surface area contributed by atoms with Crippen LogP contribution in [0.4, 0.5) is 0 Å². The summed E-state index contributed by atoms with van der Waals surface area (Å²) in [4.78, 5) is 18.6. The van der Waals surface area contributed by atoms with E-state index in [0.29, 0.717) is 30.6 Å². The lowest BCUT2D eigenvalue weighted by atomic mass is 9.96. The van der Waals surface area contributed by atoms with Crippen molar-refractivity contribution in [3.05, 3.63) is 65.7 Å². The summed E-state index contributed by atoms with van der Waals surface area (Å²) >= 11 is 0. The van der Waals surface area contributed by atoms with Gasteiger partial charge in [0, 0.05) is 19.0 Å². The Labute approximate surface area is 156 Å². The predicted molar refractivity (Wildman–Crippen MR) is 96.4 cm³/mol. The summed E-state index contributed by atoms with van der Waals surface area (Å²) in [5.74, 6) is 2.40. The molecular weight excluding hydrogens is 346 g/mol. The number of carbonyl (C=O) groups is 1. The Hall–Kier alpha value is -3.09. The summed E-state index contributed by atoms with van der Waals surface area (Å²) in [6.45, 7) is 3.56. The zero-order valence-electron chi connectivity index (χ0n) is 15.1. The highest BCUT2D eigenvalue weighted by atomic mass is 16.5. The molecule has 1 amide bonds. The van der Waals surface area contributed by atoms with E-state index in [1.165, 1.54) is 11.8 Å². The SMILES string of the molecule is Cc1ccc(OCc2nc(C3CCN(C(=O)c4ccco4)CC3)no2)cc1. The van der Waals surface area contributed by atoms with Gasteiger partial charge in [-0.25, -0.2) is 0 Å². The predicted octanol–water partition coefficient (Wildman–Crippen LogP) is 3.57. The van der Waals surface area contributed by atoms with Crippen LogP contribution < -0.4 is 4.74 Å². The number of amides is 1. The lowest BCUT2D eigenvalue weighted by Gasteiger charge is -2.29. The van der Waals surface area contributed by atoms with E-state index in [1.54, 1.807) is 17.0 Å². The van der Waals surface area contributed by atoms with Crippen LogP contribution in [0.2, 0.25) is 0 Å². The third kappa shape index (κ3) is 4.02. The van der Waals surface area contributed by atoms with Gasteiger partial charge in [0.1, 0.15) is 5.75 Å². The molecule has 2 aromatic heterocycles. The Morgan fingerprint density at radius 1 is 1.22 bits per heavy atom. The highest BCUT2D eigenvalue weighted by molar-refractivity contribution is 5.91. The molecule has 0 aliphatic carbocycles. The van der Waals surface area contributed by atoms with Crippen LogP contribution in [-0.4, -0.2) is 34.0 Å². The monoisotopic (exact) mass is 367 g/mol. The first kappa shape index (κ1) is 17.3. The van der Waals surface area contributed by atoms with Crippen LogP contribution >= 0.6 is 0 Å². The van der Waals surface area contributed by atoms with Crippen molar-refractivity contribution < 1.29 is 18.5 Å². The van der Waals surface area contributed by atoms with Gasteiger partial charge in [0.15, 0.2) is 18.2 Å². The molecule has 140 valence electrons. The van der Waals surface area contributed by atoms with Gasteiger partial charge in [0.25, 0.3) is 11.8 Å². The number of carbonyl (C=O) groups excluding carboxylic acids is 1. The maximum atomic E-state index is 12.3. The number of hydrogen-bond donors (Lipinski definition) is 0. The minimum Gasteiger partial charge on any atom is -0.484 e. The van der Waals surface area contributed by atoms with E-state index in [9.17, 15) is 4.79 Å².